The average Bonchev–Trinajstić information content (AvgIpc) is 2.83. The lowest BCUT2D eigenvalue weighted by atomic mass is 10.0. The molecule has 0 amide bonds. The minimum Gasteiger partial charge on any atom is -0.423 e. The highest BCUT2D eigenvalue weighted by Gasteiger charge is 2.12. The number of esters is 1. The van der Waals surface area contributed by atoms with Gasteiger partial charge in [0.1, 0.15) is 5.75 Å². The number of rotatable bonds is 12. The smallest absolute Gasteiger partial charge is 0.343 e. The third kappa shape index (κ3) is 7.68. The lowest BCUT2D eigenvalue weighted by Crippen LogP contribution is -2.08. The summed E-state index contributed by atoms with van der Waals surface area (Å²) in [5.74, 6) is 0.704. The van der Waals surface area contributed by atoms with Gasteiger partial charge in [-0.05, 0) is 66.8 Å². The van der Waals surface area contributed by atoms with Crippen molar-refractivity contribution in [1.82, 2.24) is 9.97 Å². The van der Waals surface area contributed by atoms with Gasteiger partial charge in [0.15, 0.2) is 5.82 Å². The van der Waals surface area contributed by atoms with Crippen molar-refractivity contribution in [3.63, 3.8) is 0 Å². The Balaban J connectivity index is 1.54. The van der Waals surface area contributed by atoms with Gasteiger partial charge in [-0.15, -0.1) is 0 Å². The maximum Gasteiger partial charge on any atom is 0.343 e. The predicted molar refractivity (Wildman–Crippen MR) is 135 cm³/mol. The average molecular weight is 465 g/mol. The molecule has 0 saturated heterocycles. The molecule has 0 unspecified atom stereocenters. The van der Waals surface area contributed by atoms with Crippen molar-refractivity contribution in [3.05, 3.63) is 76.6 Å². The lowest BCUT2D eigenvalue weighted by molar-refractivity contribution is 0.0735. The first-order chi connectivity index (χ1) is 16.1. The van der Waals surface area contributed by atoms with Crippen LogP contribution in [0.4, 0.5) is 0 Å². The van der Waals surface area contributed by atoms with E-state index in [2.05, 4.69) is 23.8 Å². The number of hydrogen-bond acceptors (Lipinski definition) is 4. The van der Waals surface area contributed by atoms with Gasteiger partial charge >= 0.3 is 5.97 Å². The summed E-state index contributed by atoms with van der Waals surface area (Å²) in [4.78, 5) is 21.4. The van der Waals surface area contributed by atoms with Gasteiger partial charge in [-0.25, -0.2) is 14.8 Å². The minimum atomic E-state index is -0.420. The fourth-order valence-corrected chi connectivity index (χ4v) is 4.01. The molecular formula is C28H33ClN2O2. The molecule has 0 N–H and O–H groups in total. The Bertz CT molecular complexity index is 1020. The molecule has 0 atom stereocenters. The van der Waals surface area contributed by atoms with E-state index in [1.807, 2.05) is 30.6 Å². The molecule has 0 saturated carbocycles. The van der Waals surface area contributed by atoms with Gasteiger partial charge in [0, 0.05) is 23.0 Å². The predicted octanol–water partition coefficient (Wildman–Crippen LogP) is 7.87. The Morgan fingerprint density at radius 1 is 0.848 bits per heavy atom. The number of benzene rings is 2. The summed E-state index contributed by atoms with van der Waals surface area (Å²) in [5.41, 5.74) is 3.53. The Morgan fingerprint density at radius 2 is 1.55 bits per heavy atom. The molecule has 2 aromatic carbocycles. The molecule has 0 aliphatic rings. The van der Waals surface area contributed by atoms with E-state index in [4.69, 9.17) is 16.3 Å². The van der Waals surface area contributed by atoms with Crippen LogP contribution in [0.2, 0.25) is 5.02 Å². The molecular weight excluding hydrogens is 432 g/mol. The number of carbonyl (C=O) groups is 1. The Hall–Kier alpha value is -2.72. The number of halogens is 1. The van der Waals surface area contributed by atoms with Crippen molar-refractivity contribution >= 4 is 17.6 Å². The molecule has 33 heavy (non-hydrogen) atoms. The van der Waals surface area contributed by atoms with Crippen LogP contribution in [-0.4, -0.2) is 15.9 Å². The number of unbranched alkanes of at least 4 members (excludes halogenated alkanes) is 5. The number of aryl methyl sites for hydroxylation is 2. The monoisotopic (exact) mass is 464 g/mol. The van der Waals surface area contributed by atoms with E-state index < -0.39 is 5.97 Å². The second kappa shape index (κ2) is 13.1. The Morgan fingerprint density at radius 3 is 2.21 bits per heavy atom. The zero-order valence-corrected chi connectivity index (χ0v) is 20.4. The zero-order chi connectivity index (χ0) is 23.5. The molecule has 3 aromatic rings. The van der Waals surface area contributed by atoms with Crippen molar-refractivity contribution in [2.24, 2.45) is 0 Å². The fourth-order valence-electron chi connectivity index (χ4n) is 3.73. The van der Waals surface area contributed by atoms with Crippen molar-refractivity contribution in [1.29, 1.82) is 0 Å². The van der Waals surface area contributed by atoms with Crippen molar-refractivity contribution < 1.29 is 9.53 Å². The van der Waals surface area contributed by atoms with Gasteiger partial charge < -0.3 is 4.74 Å². The molecule has 0 bridgehead atoms. The Kier molecular flexibility index (Phi) is 9.89. The first kappa shape index (κ1) is 24.9. The van der Waals surface area contributed by atoms with Crippen molar-refractivity contribution in [3.8, 4) is 17.1 Å². The van der Waals surface area contributed by atoms with Gasteiger partial charge in [-0.2, -0.15) is 0 Å². The third-order valence-corrected chi connectivity index (χ3v) is 6.01. The van der Waals surface area contributed by atoms with Crippen molar-refractivity contribution in [2.45, 2.75) is 71.6 Å². The summed E-state index contributed by atoms with van der Waals surface area (Å²) in [5, 5.41) is 0.622. The highest BCUT2D eigenvalue weighted by molar-refractivity contribution is 6.31. The second-order valence-corrected chi connectivity index (χ2v) is 8.81. The first-order valence-corrected chi connectivity index (χ1v) is 12.4. The van der Waals surface area contributed by atoms with Crippen molar-refractivity contribution in [2.75, 3.05) is 0 Å². The van der Waals surface area contributed by atoms with E-state index >= 15 is 0 Å². The SMILES string of the molecule is CCCCCCCCc1ccc(C(=O)Oc2ccc(-c3ncc(CCC)cn3)cc2)cc1Cl. The summed E-state index contributed by atoms with van der Waals surface area (Å²) < 4.78 is 5.53. The minimum absolute atomic E-state index is 0.420. The number of aromatic nitrogens is 2. The normalized spacial score (nSPS) is 10.9. The van der Waals surface area contributed by atoms with Crippen LogP contribution in [0.1, 0.15) is 80.3 Å². The molecule has 0 spiro atoms. The molecule has 174 valence electrons. The van der Waals surface area contributed by atoms with E-state index in [1.165, 1.54) is 32.1 Å². The highest BCUT2D eigenvalue weighted by Crippen LogP contribution is 2.23. The molecule has 0 aliphatic heterocycles. The molecule has 1 aromatic heterocycles. The number of nitrogens with zero attached hydrogens (tertiary/aromatic N) is 2. The number of ether oxygens (including phenoxy) is 1. The molecule has 0 aliphatic carbocycles. The van der Waals surface area contributed by atoms with Crippen LogP contribution in [0.5, 0.6) is 5.75 Å². The van der Waals surface area contributed by atoms with Crippen LogP contribution in [0.25, 0.3) is 11.4 Å². The van der Waals surface area contributed by atoms with E-state index in [0.29, 0.717) is 22.2 Å². The van der Waals surface area contributed by atoms with Gasteiger partial charge in [-0.1, -0.05) is 70.0 Å². The first-order valence-electron chi connectivity index (χ1n) is 12.0. The molecule has 0 fully saturated rings. The highest BCUT2D eigenvalue weighted by atomic mass is 35.5. The summed E-state index contributed by atoms with van der Waals surface area (Å²) in [6, 6.07) is 12.7. The van der Waals surface area contributed by atoms with E-state index in [-0.39, 0.29) is 0 Å². The Labute approximate surface area is 202 Å². The lowest BCUT2D eigenvalue weighted by Gasteiger charge is -2.09. The molecule has 0 radical (unpaired) electrons. The largest absolute Gasteiger partial charge is 0.423 e. The second-order valence-electron chi connectivity index (χ2n) is 8.40. The van der Waals surface area contributed by atoms with Crippen LogP contribution >= 0.6 is 11.6 Å². The quantitative estimate of drug-likeness (QED) is 0.155. The van der Waals surface area contributed by atoms with Crippen LogP contribution < -0.4 is 4.74 Å². The number of hydrogen-bond donors (Lipinski definition) is 0. The van der Waals surface area contributed by atoms with Crippen LogP contribution in [0, 0.1) is 0 Å². The van der Waals surface area contributed by atoms with Gasteiger partial charge in [-0.3, -0.25) is 0 Å². The maximum atomic E-state index is 12.6. The molecule has 4 nitrogen and oxygen atoms in total. The standard InChI is InChI=1S/C28H33ClN2O2/c1-3-5-6-7-8-9-11-22-12-13-24(18-26(22)29)28(32)33-25-16-14-23(15-17-25)27-30-19-21(10-4-2)20-31-27/h12-20H,3-11H2,1-2H3. The zero-order valence-electron chi connectivity index (χ0n) is 19.6. The van der Waals surface area contributed by atoms with Crippen LogP contribution in [-0.2, 0) is 12.8 Å². The van der Waals surface area contributed by atoms with Crippen LogP contribution in [0.15, 0.2) is 54.9 Å². The fraction of sp³-hybridized carbons (Fsp3) is 0.393. The molecule has 5 heteroatoms. The summed E-state index contributed by atoms with van der Waals surface area (Å²) in [7, 11) is 0. The molecule has 1 heterocycles. The molecule has 3 rings (SSSR count). The summed E-state index contributed by atoms with van der Waals surface area (Å²) in [6.07, 6.45) is 14.2. The van der Waals surface area contributed by atoms with Gasteiger partial charge in [0.2, 0.25) is 0 Å². The summed E-state index contributed by atoms with van der Waals surface area (Å²) in [6.45, 7) is 4.36. The maximum absolute atomic E-state index is 12.6. The van der Waals surface area contributed by atoms with E-state index in [9.17, 15) is 4.79 Å². The summed E-state index contributed by atoms with van der Waals surface area (Å²) >= 11 is 6.44. The van der Waals surface area contributed by atoms with E-state index in [0.717, 1.165) is 42.4 Å². The van der Waals surface area contributed by atoms with E-state index in [1.54, 1.807) is 24.3 Å². The van der Waals surface area contributed by atoms with Crippen LogP contribution in [0.3, 0.4) is 0 Å². The van der Waals surface area contributed by atoms with Gasteiger partial charge in [0.05, 0.1) is 5.56 Å². The topological polar surface area (TPSA) is 52.1 Å². The third-order valence-electron chi connectivity index (χ3n) is 5.66. The number of carbonyl (C=O) groups excluding carboxylic acids is 1. The van der Waals surface area contributed by atoms with Gasteiger partial charge in [0.25, 0.3) is 0 Å².